The quantitative estimate of drug-likeness (QED) is 0.482. The molecular weight excluding hydrogens is 409 g/mol. The molecule has 0 saturated heterocycles. The highest BCUT2D eigenvalue weighted by Crippen LogP contribution is 2.20. The standard InChI is InChI=1S/C17H32INO4/c1-12(2)9-11-22-17(5,6)10-8-14(20)19(7)15(13(3)4)16(21)23-18/h12-13,15H,8-11H2,1-7H3. The molecule has 1 amide bonds. The fourth-order valence-corrected chi connectivity index (χ4v) is 2.57. The second-order valence-electron chi connectivity index (χ2n) is 7.38. The fourth-order valence-electron chi connectivity index (χ4n) is 2.31. The van der Waals surface area contributed by atoms with Crippen molar-refractivity contribution in [3.63, 3.8) is 0 Å². The first-order valence-electron chi connectivity index (χ1n) is 8.24. The highest BCUT2D eigenvalue weighted by molar-refractivity contribution is 14.1. The molecule has 6 heteroatoms. The number of rotatable bonds is 10. The fraction of sp³-hybridized carbons (Fsp3) is 0.882. The maximum absolute atomic E-state index is 12.4. The van der Waals surface area contributed by atoms with Crippen LogP contribution in [0.2, 0.25) is 0 Å². The molecule has 0 aromatic rings. The molecule has 0 bridgehead atoms. The Morgan fingerprint density at radius 3 is 2.17 bits per heavy atom. The topological polar surface area (TPSA) is 55.8 Å². The van der Waals surface area contributed by atoms with E-state index in [1.54, 1.807) is 30.1 Å². The minimum atomic E-state index is -0.552. The minimum Gasteiger partial charge on any atom is -0.393 e. The Morgan fingerprint density at radius 1 is 1.17 bits per heavy atom. The van der Waals surface area contributed by atoms with Crippen LogP contribution in [-0.2, 0) is 17.4 Å². The molecule has 5 nitrogen and oxygen atoms in total. The van der Waals surface area contributed by atoms with Crippen molar-refractivity contribution in [2.75, 3.05) is 13.7 Å². The lowest BCUT2D eigenvalue weighted by Gasteiger charge is -2.30. The highest BCUT2D eigenvalue weighted by atomic mass is 127. The van der Waals surface area contributed by atoms with Crippen LogP contribution < -0.4 is 0 Å². The first-order chi connectivity index (χ1) is 10.5. The van der Waals surface area contributed by atoms with Gasteiger partial charge >= 0.3 is 5.97 Å². The predicted molar refractivity (Wildman–Crippen MR) is 100 cm³/mol. The summed E-state index contributed by atoms with van der Waals surface area (Å²) in [5.41, 5.74) is -0.345. The van der Waals surface area contributed by atoms with Gasteiger partial charge in [-0.3, -0.25) is 4.79 Å². The molecule has 0 radical (unpaired) electrons. The molecule has 136 valence electrons. The van der Waals surface area contributed by atoms with Crippen LogP contribution in [0.15, 0.2) is 0 Å². The number of ether oxygens (including phenoxy) is 1. The SMILES string of the molecule is CC(C)CCOC(C)(C)CCC(=O)N(C)C(C(=O)OI)C(C)C. The van der Waals surface area contributed by atoms with E-state index in [2.05, 4.69) is 13.8 Å². The minimum absolute atomic E-state index is 0.00141. The van der Waals surface area contributed by atoms with E-state index >= 15 is 0 Å². The molecule has 0 aromatic carbocycles. The van der Waals surface area contributed by atoms with E-state index in [1.165, 1.54) is 4.90 Å². The number of hydrogen-bond donors (Lipinski definition) is 0. The van der Waals surface area contributed by atoms with Crippen LogP contribution in [0.4, 0.5) is 0 Å². The molecular formula is C17H32INO4. The van der Waals surface area contributed by atoms with E-state index in [0.29, 0.717) is 25.4 Å². The Bertz CT molecular complexity index is 383. The van der Waals surface area contributed by atoms with Gasteiger partial charge < -0.3 is 12.7 Å². The summed E-state index contributed by atoms with van der Waals surface area (Å²) < 4.78 is 10.7. The van der Waals surface area contributed by atoms with Crippen LogP contribution in [0.3, 0.4) is 0 Å². The summed E-state index contributed by atoms with van der Waals surface area (Å²) in [5, 5.41) is 0. The van der Waals surface area contributed by atoms with Crippen molar-refractivity contribution in [1.29, 1.82) is 0 Å². The average Bonchev–Trinajstić information content (AvgIpc) is 2.43. The normalized spacial score (nSPS) is 13.3. The lowest BCUT2D eigenvalue weighted by molar-refractivity contribution is -0.147. The van der Waals surface area contributed by atoms with Gasteiger partial charge in [0.2, 0.25) is 5.91 Å². The van der Waals surface area contributed by atoms with E-state index in [9.17, 15) is 9.59 Å². The second kappa shape index (κ2) is 10.5. The van der Waals surface area contributed by atoms with Gasteiger partial charge in [0.1, 0.15) is 6.04 Å². The van der Waals surface area contributed by atoms with E-state index in [-0.39, 0.29) is 23.4 Å². The smallest absolute Gasteiger partial charge is 0.338 e. The molecule has 0 aromatic heterocycles. The molecule has 0 aliphatic carbocycles. The van der Waals surface area contributed by atoms with Crippen LogP contribution in [0.25, 0.3) is 0 Å². The maximum Gasteiger partial charge on any atom is 0.338 e. The Labute approximate surface area is 155 Å². The lowest BCUT2D eigenvalue weighted by Crippen LogP contribution is -2.46. The molecule has 1 unspecified atom stereocenters. The van der Waals surface area contributed by atoms with E-state index in [1.807, 2.05) is 27.7 Å². The van der Waals surface area contributed by atoms with E-state index in [0.717, 1.165) is 6.42 Å². The van der Waals surface area contributed by atoms with Crippen molar-refractivity contribution in [2.45, 2.75) is 72.4 Å². The molecule has 23 heavy (non-hydrogen) atoms. The Kier molecular flexibility index (Phi) is 10.3. The van der Waals surface area contributed by atoms with Crippen molar-refractivity contribution < 1.29 is 17.4 Å². The number of halogens is 1. The molecule has 0 spiro atoms. The second-order valence-corrected chi connectivity index (χ2v) is 7.82. The summed E-state index contributed by atoms with van der Waals surface area (Å²) in [6, 6.07) is -0.552. The number of carbonyl (C=O) groups excluding carboxylic acids is 2. The molecule has 0 heterocycles. The van der Waals surface area contributed by atoms with Gasteiger partial charge in [0, 0.05) is 20.1 Å². The summed E-state index contributed by atoms with van der Waals surface area (Å²) in [6.45, 7) is 12.8. The first kappa shape index (κ1) is 22.6. The Morgan fingerprint density at radius 2 is 1.74 bits per heavy atom. The molecule has 0 aliphatic heterocycles. The van der Waals surface area contributed by atoms with Crippen LogP contribution >= 0.6 is 23.0 Å². The zero-order chi connectivity index (χ0) is 18.2. The zero-order valence-corrected chi connectivity index (χ0v) is 17.7. The van der Waals surface area contributed by atoms with Crippen molar-refractivity contribution in [3.8, 4) is 0 Å². The molecule has 0 N–H and O–H groups in total. The Balaban J connectivity index is 4.53. The van der Waals surface area contributed by atoms with Gasteiger partial charge in [0.15, 0.2) is 23.0 Å². The molecule has 0 aliphatic rings. The molecule has 1 atom stereocenters. The first-order valence-corrected chi connectivity index (χ1v) is 9.12. The van der Waals surface area contributed by atoms with Crippen LogP contribution in [0, 0.1) is 11.8 Å². The Hall–Kier alpha value is -0.370. The van der Waals surface area contributed by atoms with Gasteiger partial charge in [-0.15, -0.1) is 0 Å². The zero-order valence-electron chi connectivity index (χ0n) is 15.5. The van der Waals surface area contributed by atoms with Gasteiger partial charge in [0.05, 0.1) is 5.60 Å². The van der Waals surface area contributed by atoms with Gasteiger partial charge in [-0.2, -0.15) is 0 Å². The largest absolute Gasteiger partial charge is 0.393 e. The van der Waals surface area contributed by atoms with Crippen molar-refractivity contribution in [2.24, 2.45) is 11.8 Å². The van der Waals surface area contributed by atoms with Crippen molar-refractivity contribution >= 4 is 34.9 Å². The van der Waals surface area contributed by atoms with E-state index < -0.39 is 6.04 Å². The number of amides is 1. The van der Waals surface area contributed by atoms with Gasteiger partial charge in [-0.1, -0.05) is 27.7 Å². The number of likely N-dealkylation sites (N-methyl/N-ethyl adjacent to an activating group) is 1. The van der Waals surface area contributed by atoms with Gasteiger partial charge in [-0.05, 0) is 38.5 Å². The van der Waals surface area contributed by atoms with Crippen molar-refractivity contribution in [3.05, 3.63) is 0 Å². The maximum atomic E-state index is 12.4. The summed E-state index contributed by atoms with van der Waals surface area (Å²) in [4.78, 5) is 25.8. The average molecular weight is 441 g/mol. The predicted octanol–water partition coefficient (Wildman–Crippen LogP) is 3.98. The third kappa shape index (κ3) is 8.88. The van der Waals surface area contributed by atoms with Crippen LogP contribution in [-0.4, -0.2) is 42.1 Å². The third-order valence-corrected chi connectivity index (χ3v) is 4.32. The summed E-state index contributed by atoms with van der Waals surface area (Å²) in [5.74, 6) is 0.154. The number of hydrogen-bond acceptors (Lipinski definition) is 4. The third-order valence-electron chi connectivity index (χ3n) is 3.89. The summed E-state index contributed by atoms with van der Waals surface area (Å²) >= 11 is 1.57. The molecule has 0 fully saturated rings. The summed E-state index contributed by atoms with van der Waals surface area (Å²) in [7, 11) is 1.66. The van der Waals surface area contributed by atoms with Crippen LogP contribution in [0.5, 0.6) is 0 Å². The monoisotopic (exact) mass is 441 g/mol. The van der Waals surface area contributed by atoms with Gasteiger partial charge in [-0.25, -0.2) is 4.79 Å². The molecule has 0 rings (SSSR count). The number of nitrogens with zero attached hydrogens (tertiary/aromatic N) is 1. The number of carbonyl (C=O) groups is 2. The lowest BCUT2D eigenvalue weighted by atomic mass is 9.99. The molecule has 0 saturated carbocycles. The van der Waals surface area contributed by atoms with Crippen LogP contribution in [0.1, 0.15) is 60.8 Å². The highest BCUT2D eigenvalue weighted by Gasteiger charge is 2.31. The van der Waals surface area contributed by atoms with Crippen molar-refractivity contribution in [1.82, 2.24) is 4.90 Å². The summed E-state index contributed by atoms with van der Waals surface area (Å²) in [6.07, 6.45) is 1.98. The van der Waals surface area contributed by atoms with E-state index in [4.69, 9.17) is 7.80 Å². The van der Waals surface area contributed by atoms with Gasteiger partial charge in [0.25, 0.3) is 0 Å².